The number of aromatic amines is 1. The Hall–Kier alpha value is -1.63. The topological polar surface area (TPSA) is 81.2 Å². The highest BCUT2D eigenvalue weighted by Gasteiger charge is 2.25. The van der Waals surface area contributed by atoms with E-state index >= 15 is 0 Å². The zero-order chi connectivity index (χ0) is 12.4. The molecule has 17 heavy (non-hydrogen) atoms. The maximum absolute atomic E-state index is 10.9. The summed E-state index contributed by atoms with van der Waals surface area (Å²) in [4.78, 5) is 12.9. The van der Waals surface area contributed by atoms with Crippen molar-refractivity contribution >= 4 is 23.3 Å². The first-order chi connectivity index (χ1) is 8.13. The fourth-order valence-electron chi connectivity index (χ4n) is 1.93. The highest BCUT2D eigenvalue weighted by atomic mass is 32.1. The van der Waals surface area contributed by atoms with Crippen molar-refractivity contribution in [1.82, 2.24) is 20.4 Å². The summed E-state index contributed by atoms with van der Waals surface area (Å²) in [5, 5.41) is 19.3. The minimum atomic E-state index is -0.981. The lowest BCUT2D eigenvalue weighted by Crippen LogP contribution is -2.42. The van der Waals surface area contributed by atoms with Crippen LogP contribution in [-0.2, 0) is 13.0 Å². The van der Waals surface area contributed by atoms with Crippen LogP contribution in [0, 0.1) is 0 Å². The van der Waals surface area contributed by atoms with E-state index in [9.17, 15) is 4.79 Å². The molecule has 6 nitrogen and oxygen atoms in total. The Bertz CT molecular complexity index is 457. The largest absolute Gasteiger partial charge is 0.476 e. The molecule has 92 valence electrons. The fourth-order valence-corrected chi connectivity index (χ4v) is 2.23. The molecule has 0 bridgehead atoms. The third kappa shape index (κ3) is 2.23. The van der Waals surface area contributed by atoms with Gasteiger partial charge in [-0.2, -0.15) is 5.10 Å². The van der Waals surface area contributed by atoms with E-state index in [4.69, 9.17) is 17.3 Å². The quantitative estimate of drug-likeness (QED) is 0.661. The molecule has 0 amide bonds. The van der Waals surface area contributed by atoms with E-state index in [0.717, 1.165) is 24.3 Å². The van der Waals surface area contributed by atoms with Gasteiger partial charge in [0.05, 0.1) is 12.2 Å². The summed E-state index contributed by atoms with van der Waals surface area (Å²) in [6, 6.07) is 0. The SMILES string of the molecule is CCNC(=S)N1CCc2c(C(=O)O)n[nH]c2C1. The third-order valence-corrected chi connectivity index (χ3v) is 3.15. The second-order valence-corrected chi connectivity index (χ2v) is 4.23. The fraction of sp³-hybridized carbons (Fsp3) is 0.500. The van der Waals surface area contributed by atoms with E-state index in [0.29, 0.717) is 18.1 Å². The van der Waals surface area contributed by atoms with Gasteiger partial charge >= 0.3 is 5.97 Å². The van der Waals surface area contributed by atoms with Crippen LogP contribution in [0.3, 0.4) is 0 Å². The highest BCUT2D eigenvalue weighted by Crippen LogP contribution is 2.20. The van der Waals surface area contributed by atoms with E-state index < -0.39 is 5.97 Å². The highest BCUT2D eigenvalue weighted by molar-refractivity contribution is 7.80. The number of nitrogens with zero attached hydrogens (tertiary/aromatic N) is 2. The number of fused-ring (bicyclic) bond motifs is 1. The number of hydrogen-bond donors (Lipinski definition) is 3. The van der Waals surface area contributed by atoms with Crippen LogP contribution < -0.4 is 5.32 Å². The average molecular weight is 254 g/mol. The van der Waals surface area contributed by atoms with Crippen LogP contribution in [0.1, 0.15) is 28.7 Å². The van der Waals surface area contributed by atoms with Gasteiger partial charge in [-0.15, -0.1) is 0 Å². The summed E-state index contributed by atoms with van der Waals surface area (Å²) in [6.07, 6.45) is 0.652. The smallest absolute Gasteiger partial charge is 0.356 e. The molecule has 0 atom stereocenters. The first kappa shape index (κ1) is 11.8. The van der Waals surface area contributed by atoms with Crippen LogP contribution >= 0.6 is 12.2 Å². The normalized spacial score (nSPS) is 14.3. The Balaban J connectivity index is 2.15. The summed E-state index contributed by atoms with van der Waals surface area (Å²) < 4.78 is 0. The first-order valence-corrected chi connectivity index (χ1v) is 5.86. The zero-order valence-electron chi connectivity index (χ0n) is 9.49. The minimum Gasteiger partial charge on any atom is -0.476 e. The lowest BCUT2D eigenvalue weighted by Gasteiger charge is -2.29. The van der Waals surface area contributed by atoms with Crippen molar-refractivity contribution in [1.29, 1.82) is 0 Å². The average Bonchev–Trinajstić information content (AvgIpc) is 2.71. The van der Waals surface area contributed by atoms with Gasteiger partial charge in [0, 0.05) is 18.7 Å². The molecule has 0 spiro atoms. The van der Waals surface area contributed by atoms with E-state index in [-0.39, 0.29) is 5.69 Å². The number of carbonyl (C=O) groups is 1. The van der Waals surface area contributed by atoms with E-state index in [2.05, 4.69) is 15.5 Å². The molecule has 1 aromatic heterocycles. The number of carboxylic acids is 1. The zero-order valence-corrected chi connectivity index (χ0v) is 10.3. The van der Waals surface area contributed by atoms with Crippen LogP contribution in [0.4, 0.5) is 0 Å². The molecule has 3 N–H and O–H groups in total. The van der Waals surface area contributed by atoms with Gasteiger partial charge in [-0.1, -0.05) is 0 Å². The van der Waals surface area contributed by atoms with Gasteiger partial charge in [-0.25, -0.2) is 4.79 Å². The number of thiocarbonyl (C=S) groups is 1. The summed E-state index contributed by atoms with van der Waals surface area (Å²) >= 11 is 5.22. The molecular formula is C10H14N4O2S. The molecule has 1 aliphatic rings. The van der Waals surface area contributed by atoms with Crippen LogP contribution in [0.2, 0.25) is 0 Å². The molecule has 2 heterocycles. The van der Waals surface area contributed by atoms with Crippen molar-refractivity contribution in [3.8, 4) is 0 Å². The molecular weight excluding hydrogens is 240 g/mol. The summed E-state index contributed by atoms with van der Waals surface area (Å²) in [6.45, 7) is 4.08. The van der Waals surface area contributed by atoms with Gasteiger partial charge < -0.3 is 15.3 Å². The molecule has 0 unspecified atom stereocenters. The second-order valence-electron chi connectivity index (χ2n) is 3.84. The minimum absolute atomic E-state index is 0.133. The van der Waals surface area contributed by atoms with Gasteiger partial charge in [-0.05, 0) is 25.6 Å². The van der Waals surface area contributed by atoms with E-state index in [1.54, 1.807) is 0 Å². The van der Waals surface area contributed by atoms with Crippen molar-refractivity contribution in [3.05, 3.63) is 17.0 Å². The lowest BCUT2D eigenvalue weighted by molar-refractivity contribution is 0.0689. The van der Waals surface area contributed by atoms with Crippen molar-refractivity contribution in [2.24, 2.45) is 0 Å². The molecule has 0 fully saturated rings. The predicted molar refractivity (Wildman–Crippen MR) is 65.9 cm³/mol. The molecule has 1 aromatic rings. The number of aromatic nitrogens is 2. The van der Waals surface area contributed by atoms with E-state index in [1.807, 2.05) is 11.8 Å². The standard InChI is InChI=1S/C10H14N4O2S/c1-2-11-10(17)14-4-3-6-7(5-14)12-13-8(6)9(15)16/h2-5H2,1H3,(H,11,17)(H,12,13)(H,15,16). The second kappa shape index (κ2) is 4.70. The molecule has 0 saturated heterocycles. The Morgan fingerprint density at radius 1 is 1.71 bits per heavy atom. The third-order valence-electron chi connectivity index (χ3n) is 2.75. The molecule has 7 heteroatoms. The summed E-state index contributed by atoms with van der Waals surface area (Å²) in [7, 11) is 0. The summed E-state index contributed by atoms with van der Waals surface area (Å²) in [5.41, 5.74) is 1.77. The van der Waals surface area contributed by atoms with Gasteiger partial charge in [0.15, 0.2) is 10.8 Å². The van der Waals surface area contributed by atoms with Crippen LogP contribution in [0.5, 0.6) is 0 Å². The van der Waals surface area contributed by atoms with E-state index in [1.165, 1.54) is 0 Å². The molecule has 1 aliphatic heterocycles. The predicted octanol–water partition coefficient (Wildman–Crippen LogP) is 0.360. The number of carboxylic acid groups (broad SMARTS) is 1. The van der Waals surface area contributed by atoms with Crippen LogP contribution in [0.25, 0.3) is 0 Å². The number of aromatic carboxylic acids is 1. The van der Waals surface area contributed by atoms with Gasteiger partial charge in [0.1, 0.15) is 0 Å². The number of hydrogen-bond acceptors (Lipinski definition) is 3. The van der Waals surface area contributed by atoms with Gasteiger partial charge in [0.25, 0.3) is 0 Å². The van der Waals surface area contributed by atoms with Crippen LogP contribution in [0.15, 0.2) is 0 Å². The Morgan fingerprint density at radius 3 is 3.12 bits per heavy atom. The van der Waals surface area contributed by atoms with Gasteiger partial charge in [0.2, 0.25) is 0 Å². The molecule has 0 aromatic carbocycles. The van der Waals surface area contributed by atoms with Gasteiger partial charge in [-0.3, -0.25) is 5.10 Å². The van der Waals surface area contributed by atoms with Crippen molar-refractivity contribution in [2.45, 2.75) is 19.9 Å². The molecule has 0 radical (unpaired) electrons. The Labute approximate surface area is 104 Å². The van der Waals surface area contributed by atoms with Crippen molar-refractivity contribution in [3.63, 3.8) is 0 Å². The number of H-pyrrole nitrogens is 1. The Morgan fingerprint density at radius 2 is 2.47 bits per heavy atom. The Kier molecular flexibility index (Phi) is 3.28. The monoisotopic (exact) mass is 254 g/mol. The molecule has 0 aliphatic carbocycles. The molecule has 0 saturated carbocycles. The van der Waals surface area contributed by atoms with Crippen molar-refractivity contribution in [2.75, 3.05) is 13.1 Å². The first-order valence-electron chi connectivity index (χ1n) is 5.45. The maximum Gasteiger partial charge on any atom is 0.356 e. The van der Waals surface area contributed by atoms with Crippen molar-refractivity contribution < 1.29 is 9.90 Å². The number of nitrogens with one attached hydrogen (secondary N) is 2. The van der Waals surface area contributed by atoms with Crippen LogP contribution in [-0.4, -0.2) is 44.4 Å². The lowest BCUT2D eigenvalue weighted by atomic mass is 10.0. The number of rotatable bonds is 2. The molecule has 2 rings (SSSR count). The summed E-state index contributed by atoms with van der Waals surface area (Å²) in [5.74, 6) is -0.981. The maximum atomic E-state index is 10.9.